The second-order valence-electron chi connectivity index (χ2n) is 5.53. The zero-order valence-electron chi connectivity index (χ0n) is 12.2. The molecule has 108 valence electrons. The number of thiazole rings is 1. The lowest BCUT2D eigenvalue weighted by atomic mass is 10.1. The van der Waals surface area contributed by atoms with E-state index in [-0.39, 0.29) is 5.78 Å². The second kappa shape index (κ2) is 5.11. The first-order valence-electron chi connectivity index (χ1n) is 7.29. The number of aromatic nitrogens is 1. The fourth-order valence-corrected chi connectivity index (χ4v) is 3.84. The van der Waals surface area contributed by atoms with E-state index < -0.39 is 0 Å². The molecule has 0 saturated carbocycles. The van der Waals surface area contributed by atoms with Gasteiger partial charge < -0.3 is 4.40 Å². The molecule has 0 saturated heterocycles. The Morgan fingerprint density at radius 1 is 1.09 bits per heavy atom. The number of ketones is 1. The van der Waals surface area contributed by atoms with E-state index in [9.17, 15) is 4.79 Å². The first kappa shape index (κ1) is 13.3. The Kier molecular flexibility index (Phi) is 3.09. The maximum atomic E-state index is 11.4. The Morgan fingerprint density at radius 2 is 1.86 bits per heavy atom. The summed E-state index contributed by atoms with van der Waals surface area (Å²) in [6.45, 7) is 1.60. The molecule has 0 amide bonds. The number of para-hydroxylation sites is 1. The molecule has 4 rings (SSSR count). The van der Waals surface area contributed by atoms with E-state index in [2.05, 4.69) is 40.1 Å². The van der Waals surface area contributed by atoms with Crippen molar-refractivity contribution in [3.05, 3.63) is 76.8 Å². The van der Waals surface area contributed by atoms with E-state index in [4.69, 9.17) is 0 Å². The highest BCUT2D eigenvalue weighted by Crippen LogP contribution is 2.27. The van der Waals surface area contributed by atoms with Gasteiger partial charge in [0, 0.05) is 28.4 Å². The van der Waals surface area contributed by atoms with Crippen LogP contribution in [0, 0.1) is 0 Å². The Labute approximate surface area is 132 Å². The maximum absolute atomic E-state index is 11.4. The van der Waals surface area contributed by atoms with Crippen molar-refractivity contribution < 1.29 is 4.79 Å². The molecule has 22 heavy (non-hydrogen) atoms. The number of hydrogen-bond donors (Lipinski definition) is 0. The molecule has 0 aliphatic rings. The summed E-state index contributed by atoms with van der Waals surface area (Å²) < 4.78 is 2.33. The van der Waals surface area contributed by atoms with Crippen LogP contribution in [0.5, 0.6) is 0 Å². The van der Waals surface area contributed by atoms with Crippen molar-refractivity contribution in [2.75, 3.05) is 0 Å². The van der Waals surface area contributed by atoms with Crippen molar-refractivity contribution in [1.29, 1.82) is 0 Å². The summed E-state index contributed by atoms with van der Waals surface area (Å²) in [4.78, 5) is 12.6. The number of rotatable bonds is 3. The van der Waals surface area contributed by atoms with Crippen LogP contribution in [0.15, 0.2) is 60.0 Å². The van der Waals surface area contributed by atoms with Gasteiger partial charge in [-0.3, -0.25) is 4.79 Å². The molecule has 0 unspecified atom stereocenters. The number of benzene rings is 2. The highest BCUT2D eigenvalue weighted by Gasteiger charge is 2.09. The van der Waals surface area contributed by atoms with Gasteiger partial charge in [-0.25, -0.2) is 0 Å². The minimum absolute atomic E-state index is 0.112. The zero-order valence-corrected chi connectivity index (χ0v) is 13.1. The first-order chi connectivity index (χ1) is 10.7. The van der Waals surface area contributed by atoms with Crippen LogP contribution in [-0.2, 0) is 6.42 Å². The molecule has 0 N–H and O–H groups in total. The maximum Gasteiger partial charge on any atom is 0.159 e. The molecule has 2 aromatic heterocycles. The predicted octanol–water partition coefficient (Wildman–Crippen LogP) is 4.95. The first-order valence-corrected chi connectivity index (χ1v) is 8.17. The second-order valence-corrected chi connectivity index (χ2v) is 6.42. The summed E-state index contributed by atoms with van der Waals surface area (Å²) in [6, 6.07) is 18.6. The van der Waals surface area contributed by atoms with Crippen LogP contribution in [0.25, 0.3) is 15.7 Å². The third-order valence-corrected chi connectivity index (χ3v) is 4.96. The number of Topliss-reactive ketones (excluding diaryl/α,β-unsaturated/α-hetero) is 1. The number of carbonyl (C=O) groups is 1. The Balaban J connectivity index is 1.76. The average molecular weight is 305 g/mol. The predicted molar refractivity (Wildman–Crippen MR) is 92.0 cm³/mol. The average Bonchev–Trinajstić information content (AvgIpc) is 3.08. The van der Waals surface area contributed by atoms with Gasteiger partial charge in [0.2, 0.25) is 0 Å². The molecule has 0 radical (unpaired) electrons. The highest BCUT2D eigenvalue weighted by atomic mass is 32.1. The van der Waals surface area contributed by atoms with E-state index >= 15 is 0 Å². The molecule has 0 atom stereocenters. The van der Waals surface area contributed by atoms with Crippen LogP contribution >= 0.6 is 11.3 Å². The van der Waals surface area contributed by atoms with Crippen molar-refractivity contribution in [3.63, 3.8) is 0 Å². The Hall–Kier alpha value is -2.39. The molecule has 3 heteroatoms. The highest BCUT2D eigenvalue weighted by molar-refractivity contribution is 7.15. The van der Waals surface area contributed by atoms with Crippen LogP contribution in [0.1, 0.15) is 28.5 Å². The Morgan fingerprint density at radius 3 is 2.64 bits per heavy atom. The molecule has 0 fully saturated rings. The largest absolute Gasteiger partial charge is 0.304 e. The van der Waals surface area contributed by atoms with Gasteiger partial charge in [-0.05, 0) is 24.6 Å². The van der Waals surface area contributed by atoms with E-state index in [1.165, 1.54) is 27.0 Å². The van der Waals surface area contributed by atoms with Crippen molar-refractivity contribution in [2.45, 2.75) is 13.3 Å². The van der Waals surface area contributed by atoms with Crippen molar-refractivity contribution in [1.82, 2.24) is 4.40 Å². The van der Waals surface area contributed by atoms with Gasteiger partial charge in [-0.1, -0.05) is 42.5 Å². The van der Waals surface area contributed by atoms with Crippen LogP contribution in [0.2, 0.25) is 0 Å². The molecule has 2 aromatic carbocycles. The van der Waals surface area contributed by atoms with Crippen LogP contribution < -0.4 is 0 Å². The van der Waals surface area contributed by atoms with E-state index in [0.29, 0.717) is 0 Å². The standard InChI is InChI=1S/C19H15NOS/c1-13(21)15-8-6-14(7-9-15)10-17-12-22-19-11-16-4-2-3-5-18(16)20(17)19/h2-9,11-12H,10H2,1H3. The fourth-order valence-electron chi connectivity index (χ4n) is 2.88. The number of hydrogen-bond acceptors (Lipinski definition) is 2. The van der Waals surface area contributed by atoms with Gasteiger partial charge >= 0.3 is 0 Å². The molecule has 0 aliphatic carbocycles. The van der Waals surface area contributed by atoms with Gasteiger partial charge in [-0.2, -0.15) is 0 Å². The summed E-state index contributed by atoms with van der Waals surface area (Å²) in [5, 5.41) is 3.50. The van der Waals surface area contributed by atoms with E-state index in [1.807, 2.05) is 24.3 Å². The third kappa shape index (κ3) is 2.14. The molecule has 0 spiro atoms. The summed E-state index contributed by atoms with van der Waals surface area (Å²) in [5.41, 5.74) is 4.54. The summed E-state index contributed by atoms with van der Waals surface area (Å²) >= 11 is 1.78. The SMILES string of the molecule is CC(=O)c1ccc(Cc2csc3cc4ccccc4n23)cc1. The summed E-state index contributed by atoms with van der Waals surface area (Å²) in [7, 11) is 0. The molecule has 0 bridgehead atoms. The van der Waals surface area contributed by atoms with Crippen LogP contribution in [0.3, 0.4) is 0 Å². The normalized spacial score (nSPS) is 11.3. The number of carbonyl (C=O) groups excluding carboxylic acids is 1. The van der Waals surface area contributed by atoms with Crippen molar-refractivity contribution >= 4 is 32.9 Å². The molecule has 2 nitrogen and oxygen atoms in total. The monoisotopic (exact) mass is 305 g/mol. The van der Waals surface area contributed by atoms with E-state index in [0.717, 1.165) is 12.0 Å². The Bertz CT molecular complexity index is 976. The van der Waals surface area contributed by atoms with Gasteiger partial charge in [0.05, 0.1) is 5.52 Å². The van der Waals surface area contributed by atoms with Crippen molar-refractivity contribution in [2.24, 2.45) is 0 Å². The van der Waals surface area contributed by atoms with Crippen LogP contribution in [-0.4, -0.2) is 10.2 Å². The van der Waals surface area contributed by atoms with Gasteiger partial charge in [0.1, 0.15) is 4.83 Å². The summed E-state index contributed by atoms with van der Waals surface area (Å²) in [5.74, 6) is 0.112. The summed E-state index contributed by atoms with van der Waals surface area (Å²) in [6.07, 6.45) is 0.872. The zero-order chi connectivity index (χ0) is 15.1. The minimum atomic E-state index is 0.112. The fraction of sp³-hybridized carbons (Fsp3) is 0.105. The molecule has 4 aromatic rings. The lowest BCUT2D eigenvalue weighted by Crippen LogP contribution is -1.95. The smallest absolute Gasteiger partial charge is 0.159 e. The van der Waals surface area contributed by atoms with E-state index in [1.54, 1.807) is 18.3 Å². The molecular formula is C19H15NOS. The molecule has 2 heterocycles. The topological polar surface area (TPSA) is 21.5 Å². The lowest BCUT2D eigenvalue weighted by Gasteiger charge is -2.03. The number of nitrogens with zero attached hydrogens (tertiary/aromatic N) is 1. The molecule has 0 aliphatic heterocycles. The third-order valence-electron chi connectivity index (χ3n) is 4.03. The van der Waals surface area contributed by atoms with Crippen molar-refractivity contribution in [3.8, 4) is 0 Å². The quantitative estimate of drug-likeness (QED) is 0.491. The minimum Gasteiger partial charge on any atom is -0.304 e. The molecular weight excluding hydrogens is 290 g/mol. The lowest BCUT2D eigenvalue weighted by molar-refractivity contribution is 0.101. The van der Waals surface area contributed by atoms with Gasteiger partial charge in [0.25, 0.3) is 0 Å². The number of fused-ring (bicyclic) bond motifs is 3. The van der Waals surface area contributed by atoms with Gasteiger partial charge in [-0.15, -0.1) is 11.3 Å². The van der Waals surface area contributed by atoms with Gasteiger partial charge in [0.15, 0.2) is 5.78 Å². The van der Waals surface area contributed by atoms with Crippen LogP contribution in [0.4, 0.5) is 0 Å².